The molecule has 0 spiro atoms. The molecule has 0 aromatic rings. The molecule has 0 aliphatic rings. The van der Waals surface area contributed by atoms with E-state index in [0.29, 0.717) is 12.1 Å². The fourth-order valence-corrected chi connectivity index (χ4v) is 1.75. The Morgan fingerprint density at radius 2 is 1.82 bits per heavy atom. The monoisotopic (exact) mass is 240 g/mol. The molecule has 2 nitrogen and oxygen atoms in total. The number of hydrogen-bond donors (Lipinski definition) is 0. The van der Waals surface area contributed by atoms with Crippen molar-refractivity contribution >= 4 is 6.72 Å². The van der Waals surface area contributed by atoms with Crippen LogP contribution in [0.3, 0.4) is 0 Å². The zero-order chi connectivity index (χ0) is 13.1. The van der Waals surface area contributed by atoms with Crippen molar-refractivity contribution in [3.8, 4) is 0 Å². The minimum atomic E-state index is -0.268. The molecule has 0 aromatic carbocycles. The van der Waals surface area contributed by atoms with Crippen molar-refractivity contribution in [3.05, 3.63) is 23.7 Å². The molecular formula is C14H25FN2. The zero-order valence-corrected chi connectivity index (χ0v) is 11.4. The quantitative estimate of drug-likeness (QED) is 0.440. The van der Waals surface area contributed by atoms with E-state index in [1.165, 1.54) is 6.08 Å². The Balaban J connectivity index is 4.38. The van der Waals surface area contributed by atoms with Gasteiger partial charge in [-0.05, 0) is 45.6 Å². The van der Waals surface area contributed by atoms with Crippen LogP contribution in [-0.2, 0) is 0 Å². The number of hydrogen-bond acceptors (Lipinski definition) is 2. The van der Waals surface area contributed by atoms with Crippen LogP contribution in [0.2, 0.25) is 0 Å². The second-order valence-corrected chi connectivity index (χ2v) is 4.04. The lowest BCUT2D eigenvalue weighted by Gasteiger charge is -2.20. The highest BCUT2D eigenvalue weighted by Crippen LogP contribution is 2.14. The molecule has 0 atom stereocenters. The van der Waals surface area contributed by atoms with Crippen LogP contribution in [-0.4, -0.2) is 31.3 Å². The fraction of sp³-hybridized carbons (Fsp3) is 0.643. The molecule has 98 valence electrons. The van der Waals surface area contributed by atoms with Gasteiger partial charge in [-0.3, -0.25) is 4.99 Å². The molecule has 0 fully saturated rings. The smallest absolute Gasteiger partial charge is 0.144 e. The molecule has 0 saturated heterocycles. The molecule has 0 aromatic heterocycles. The highest BCUT2D eigenvalue weighted by molar-refractivity contribution is 5.32. The van der Waals surface area contributed by atoms with Gasteiger partial charge in [0, 0.05) is 13.0 Å². The predicted molar refractivity (Wildman–Crippen MR) is 74.1 cm³/mol. The van der Waals surface area contributed by atoms with Gasteiger partial charge in [0.2, 0.25) is 0 Å². The Hall–Kier alpha value is -0.960. The van der Waals surface area contributed by atoms with Gasteiger partial charge < -0.3 is 4.90 Å². The van der Waals surface area contributed by atoms with E-state index in [1.807, 2.05) is 0 Å². The summed E-state index contributed by atoms with van der Waals surface area (Å²) in [5, 5.41) is 0. The van der Waals surface area contributed by atoms with Crippen LogP contribution in [0.15, 0.2) is 28.7 Å². The van der Waals surface area contributed by atoms with Gasteiger partial charge in [-0.1, -0.05) is 19.9 Å². The van der Waals surface area contributed by atoms with Crippen LogP contribution in [0, 0.1) is 0 Å². The van der Waals surface area contributed by atoms with E-state index in [9.17, 15) is 4.39 Å². The van der Waals surface area contributed by atoms with E-state index < -0.39 is 0 Å². The average molecular weight is 240 g/mol. The summed E-state index contributed by atoms with van der Waals surface area (Å²) in [4.78, 5) is 6.12. The molecule has 0 amide bonds. The van der Waals surface area contributed by atoms with Crippen molar-refractivity contribution in [2.45, 2.75) is 40.0 Å². The third-order valence-corrected chi connectivity index (χ3v) is 2.52. The van der Waals surface area contributed by atoms with Crippen molar-refractivity contribution in [1.29, 1.82) is 0 Å². The minimum absolute atomic E-state index is 0.268. The van der Waals surface area contributed by atoms with Crippen LogP contribution in [0.1, 0.15) is 40.0 Å². The molecular weight excluding hydrogens is 215 g/mol. The van der Waals surface area contributed by atoms with Gasteiger partial charge in [-0.2, -0.15) is 0 Å². The van der Waals surface area contributed by atoms with Gasteiger partial charge >= 0.3 is 0 Å². The molecule has 0 heterocycles. The van der Waals surface area contributed by atoms with Crippen LogP contribution < -0.4 is 0 Å². The third-order valence-electron chi connectivity index (χ3n) is 2.52. The zero-order valence-electron chi connectivity index (χ0n) is 11.4. The first kappa shape index (κ1) is 16.0. The highest BCUT2D eigenvalue weighted by Gasteiger charge is 2.06. The first-order valence-electron chi connectivity index (χ1n) is 6.39. The second kappa shape index (κ2) is 10.2. The second-order valence-electron chi connectivity index (χ2n) is 4.04. The average Bonchev–Trinajstić information content (AvgIpc) is 2.30. The van der Waals surface area contributed by atoms with E-state index in [1.54, 1.807) is 13.0 Å². The summed E-state index contributed by atoms with van der Waals surface area (Å²) in [7, 11) is 0. The lowest BCUT2D eigenvalue weighted by molar-refractivity contribution is 0.277. The van der Waals surface area contributed by atoms with E-state index in [-0.39, 0.29) is 5.83 Å². The maximum absolute atomic E-state index is 13.5. The van der Waals surface area contributed by atoms with Gasteiger partial charge in [0.15, 0.2) is 0 Å². The Labute approximate surface area is 105 Å². The summed E-state index contributed by atoms with van der Waals surface area (Å²) >= 11 is 0. The van der Waals surface area contributed by atoms with Crippen molar-refractivity contribution in [3.63, 3.8) is 0 Å². The Bertz CT molecular complexity index is 263. The van der Waals surface area contributed by atoms with Gasteiger partial charge in [0.25, 0.3) is 0 Å². The van der Waals surface area contributed by atoms with Crippen LogP contribution in [0.25, 0.3) is 0 Å². The molecule has 0 radical (unpaired) electrons. The van der Waals surface area contributed by atoms with Crippen LogP contribution in [0.5, 0.6) is 0 Å². The summed E-state index contributed by atoms with van der Waals surface area (Å²) in [5.41, 5.74) is 0.459. The van der Waals surface area contributed by atoms with Gasteiger partial charge in [-0.25, -0.2) is 4.39 Å². The summed E-state index contributed by atoms with van der Waals surface area (Å²) < 4.78 is 13.5. The van der Waals surface area contributed by atoms with Gasteiger partial charge in [-0.15, -0.1) is 0 Å². The largest absolute Gasteiger partial charge is 0.303 e. The van der Waals surface area contributed by atoms with Crippen molar-refractivity contribution in [1.82, 2.24) is 4.90 Å². The summed E-state index contributed by atoms with van der Waals surface area (Å²) in [6.07, 6.45) is 5.99. The normalized spacial score (nSPS) is 13.2. The number of nitrogens with zero attached hydrogens (tertiary/aromatic N) is 2. The van der Waals surface area contributed by atoms with E-state index >= 15 is 0 Å². The van der Waals surface area contributed by atoms with Gasteiger partial charge in [0.1, 0.15) is 5.83 Å². The molecule has 0 unspecified atom stereocenters. The highest BCUT2D eigenvalue weighted by atomic mass is 19.1. The van der Waals surface area contributed by atoms with E-state index in [0.717, 1.165) is 32.5 Å². The lowest BCUT2D eigenvalue weighted by atomic mass is 10.2. The van der Waals surface area contributed by atoms with E-state index in [4.69, 9.17) is 0 Å². The first-order valence-corrected chi connectivity index (χ1v) is 6.39. The van der Waals surface area contributed by atoms with Crippen LogP contribution >= 0.6 is 0 Å². The number of aliphatic imine (C=N–C) groups is 1. The summed E-state index contributed by atoms with van der Waals surface area (Å²) in [6.45, 7) is 12.5. The molecule has 3 heteroatoms. The fourth-order valence-electron chi connectivity index (χ4n) is 1.75. The van der Waals surface area contributed by atoms with Crippen molar-refractivity contribution in [2.75, 3.05) is 19.6 Å². The number of halogens is 1. The topological polar surface area (TPSA) is 15.6 Å². The molecule has 0 aliphatic carbocycles. The standard InChI is InChI=1S/C14H25FN2/c1-5-8-13(15)14(16-4)9-12-17(10-6-2)11-7-3/h5,8H,4,6-7,9-12H2,1-3H3/b8-5-,14-13+. The maximum Gasteiger partial charge on any atom is 0.144 e. The third kappa shape index (κ3) is 7.05. The molecule has 0 aliphatic heterocycles. The van der Waals surface area contributed by atoms with Gasteiger partial charge in [0.05, 0.1) is 5.70 Å². The minimum Gasteiger partial charge on any atom is -0.303 e. The maximum atomic E-state index is 13.5. The number of rotatable bonds is 9. The lowest BCUT2D eigenvalue weighted by Crippen LogP contribution is -2.26. The Morgan fingerprint density at radius 1 is 1.24 bits per heavy atom. The van der Waals surface area contributed by atoms with Crippen LogP contribution in [0.4, 0.5) is 4.39 Å². The molecule has 17 heavy (non-hydrogen) atoms. The predicted octanol–water partition coefficient (Wildman–Crippen LogP) is 3.96. The molecule has 0 N–H and O–H groups in total. The summed E-state index contributed by atoms with van der Waals surface area (Å²) in [6, 6.07) is 0. The SMILES string of the molecule is C=N/C(CCN(CCC)CCC)=C(F)\C=C/C. The summed E-state index contributed by atoms with van der Waals surface area (Å²) in [5.74, 6) is -0.268. The Kier molecular flexibility index (Phi) is 9.63. The number of allylic oxidation sites excluding steroid dienone is 3. The van der Waals surface area contributed by atoms with E-state index in [2.05, 4.69) is 30.5 Å². The molecule has 0 saturated carbocycles. The molecule has 0 bridgehead atoms. The first-order chi connectivity index (χ1) is 8.19. The Morgan fingerprint density at radius 3 is 2.24 bits per heavy atom. The van der Waals surface area contributed by atoms with Crippen molar-refractivity contribution in [2.24, 2.45) is 4.99 Å². The molecule has 0 rings (SSSR count). The van der Waals surface area contributed by atoms with Crippen molar-refractivity contribution < 1.29 is 4.39 Å².